The molecule has 1 aliphatic rings. The van der Waals surface area contributed by atoms with E-state index >= 15 is 0 Å². The van der Waals surface area contributed by atoms with Gasteiger partial charge < -0.3 is 10.2 Å². The molecular weight excluding hydrogens is 332 g/mol. The van der Waals surface area contributed by atoms with Crippen molar-refractivity contribution in [2.24, 2.45) is 0 Å². The van der Waals surface area contributed by atoms with E-state index in [1.807, 2.05) is 46.1 Å². The molecule has 4 rings (SSSR count). The van der Waals surface area contributed by atoms with Crippen molar-refractivity contribution in [3.8, 4) is 0 Å². The van der Waals surface area contributed by atoms with Crippen molar-refractivity contribution in [2.75, 3.05) is 11.9 Å². The minimum absolute atomic E-state index is 0.0263. The third-order valence-electron chi connectivity index (χ3n) is 4.59. The molecule has 1 aromatic carbocycles. The zero-order chi connectivity index (χ0) is 17.1. The van der Waals surface area contributed by atoms with Gasteiger partial charge in [0, 0.05) is 24.6 Å². The highest BCUT2D eigenvalue weighted by atomic mass is 32.1. The Balaban J connectivity index is 1.51. The van der Waals surface area contributed by atoms with Gasteiger partial charge in [-0.3, -0.25) is 4.68 Å². The molecule has 128 valence electrons. The summed E-state index contributed by atoms with van der Waals surface area (Å²) in [6.07, 6.45) is 5.75. The number of benzene rings is 1. The van der Waals surface area contributed by atoms with Crippen LogP contribution in [-0.4, -0.2) is 27.3 Å². The number of nitrogens with zero attached hydrogens (tertiary/aromatic N) is 3. The summed E-state index contributed by atoms with van der Waals surface area (Å²) in [4.78, 5) is 14.8. The van der Waals surface area contributed by atoms with E-state index in [4.69, 9.17) is 0 Å². The number of aromatic nitrogens is 2. The van der Waals surface area contributed by atoms with E-state index in [1.54, 1.807) is 17.5 Å². The monoisotopic (exact) mass is 352 g/mol. The number of hydrogen-bond donors (Lipinski definition) is 1. The first-order valence-corrected chi connectivity index (χ1v) is 9.40. The summed E-state index contributed by atoms with van der Waals surface area (Å²) in [5, 5.41) is 11.6. The molecule has 0 saturated carbocycles. The third kappa shape index (κ3) is 3.44. The minimum Gasteiger partial charge on any atom is -0.317 e. The van der Waals surface area contributed by atoms with Crippen molar-refractivity contribution >= 4 is 23.1 Å². The zero-order valence-electron chi connectivity index (χ0n) is 13.8. The lowest BCUT2D eigenvalue weighted by atomic mass is 10.1. The molecule has 2 amide bonds. The van der Waals surface area contributed by atoms with E-state index in [9.17, 15) is 4.79 Å². The largest absolute Gasteiger partial charge is 0.322 e. The molecule has 1 atom stereocenters. The second-order valence-electron chi connectivity index (χ2n) is 6.20. The number of para-hydroxylation sites is 1. The van der Waals surface area contributed by atoms with Gasteiger partial charge in [0.05, 0.1) is 12.6 Å². The molecule has 0 radical (unpaired) electrons. The Bertz CT molecular complexity index is 829. The molecule has 0 bridgehead atoms. The molecule has 1 unspecified atom stereocenters. The summed E-state index contributed by atoms with van der Waals surface area (Å²) >= 11 is 1.68. The minimum atomic E-state index is -0.0263. The number of amides is 2. The van der Waals surface area contributed by atoms with E-state index in [0.29, 0.717) is 6.54 Å². The van der Waals surface area contributed by atoms with Crippen LogP contribution in [0.5, 0.6) is 0 Å². The smallest absolute Gasteiger partial charge is 0.317 e. The number of thiophene rings is 1. The van der Waals surface area contributed by atoms with Crippen molar-refractivity contribution in [3.05, 3.63) is 70.7 Å². The Labute approximate surface area is 150 Å². The van der Waals surface area contributed by atoms with Crippen molar-refractivity contribution in [3.63, 3.8) is 0 Å². The van der Waals surface area contributed by atoms with Crippen molar-refractivity contribution in [1.29, 1.82) is 0 Å². The highest BCUT2D eigenvalue weighted by Gasteiger charge is 2.30. The van der Waals surface area contributed by atoms with Crippen LogP contribution < -0.4 is 5.32 Å². The van der Waals surface area contributed by atoms with Crippen LogP contribution in [0.4, 0.5) is 10.5 Å². The summed E-state index contributed by atoms with van der Waals surface area (Å²) in [6, 6.07) is 12.1. The van der Waals surface area contributed by atoms with Gasteiger partial charge >= 0.3 is 6.03 Å². The molecule has 0 aliphatic carbocycles. The Morgan fingerprint density at radius 2 is 2.20 bits per heavy atom. The molecule has 5 nitrogen and oxygen atoms in total. The summed E-state index contributed by atoms with van der Waals surface area (Å²) < 4.78 is 1.86. The Kier molecular flexibility index (Phi) is 4.52. The lowest BCUT2D eigenvalue weighted by molar-refractivity contribution is 0.207. The van der Waals surface area contributed by atoms with E-state index in [1.165, 1.54) is 5.56 Å². The maximum Gasteiger partial charge on any atom is 0.322 e. The number of urea groups is 1. The number of carbonyl (C=O) groups is 1. The highest BCUT2D eigenvalue weighted by Crippen LogP contribution is 2.33. The highest BCUT2D eigenvalue weighted by molar-refractivity contribution is 7.08. The van der Waals surface area contributed by atoms with Gasteiger partial charge in [0.2, 0.25) is 0 Å². The standard InChI is InChI=1S/C19H20N4OS/c24-19(23-11-3-7-18(23)16-8-12-25-14-16)21-17-6-2-1-5-15(17)13-22-10-4-9-20-22/h1-2,4-6,8-10,12,14,18H,3,7,11,13H2,(H,21,24). The van der Waals surface area contributed by atoms with Gasteiger partial charge in [-0.15, -0.1) is 0 Å². The van der Waals surface area contributed by atoms with Gasteiger partial charge in [-0.25, -0.2) is 4.79 Å². The fraction of sp³-hybridized carbons (Fsp3) is 0.263. The average Bonchev–Trinajstić information content (AvgIpc) is 3.38. The number of hydrogen-bond acceptors (Lipinski definition) is 3. The maximum atomic E-state index is 12.9. The van der Waals surface area contributed by atoms with Crippen molar-refractivity contribution < 1.29 is 4.79 Å². The van der Waals surface area contributed by atoms with Gasteiger partial charge in [-0.2, -0.15) is 16.4 Å². The van der Waals surface area contributed by atoms with E-state index in [2.05, 4.69) is 27.2 Å². The first-order valence-electron chi connectivity index (χ1n) is 8.46. The third-order valence-corrected chi connectivity index (χ3v) is 5.29. The van der Waals surface area contributed by atoms with Crippen LogP contribution in [0.2, 0.25) is 0 Å². The normalized spacial score (nSPS) is 17.0. The molecule has 6 heteroatoms. The number of carbonyl (C=O) groups excluding carboxylic acids is 1. The Hall–Kier alpha value is -2.60. The zero-order valence-corrected chi connectivity index (χ0v) is 14.7. The van der Waals surface area contributed by atoms with Gasteiger partial charge in [-0.1, -0.05) is 18.2 Å². The topological polar surface area (TPSA) is 50.2 Å². The predicted molar refractivity (Wildman–Crippen MR) is 99.8 cm³/mol. The summed E-state index contributed by atoms with van der Waals surface area (Å²) in [5.41, 5.74) is 3.13. The first kappa shape index (κ1) is 15.9. The molecule has 0 spiro atoms. The Morgan fingerprint density at radius 1 is 1.28 bits per heavy atom. The molecule has 25 heavy (non-hydrogen) atoms. The van der Waals surface area contributed by atoms with E-state index in [0.717, 1.165) is 30.6 Å². The molecule has 2 aromatic heterocycles. The van der Waals surface area contributed by atoms with Crippen LogP contribution in [0.1, 0.15) is 30.0 Å². The Morgan fingerprint density at radius 3 is 3.00 bits per heavy atom. The van der Waals surface area contributed by atoms with Gasteiger partial charge in [-0.05, 0) is 52.9 Å². The molecular formula is C19H20N4OS. The van der Waals surface area contributed by atoms with E-state index in [-0.39, 0.29) is 12.1 Å². The lowest BCUT2D eigenvalue weighted by Gasteiger charge is -2.25. The molecule has 3 heterocycles. The van der Waals surface area contributed by atoms with Crippen LogP contribution in [0.25, 0.3) is 0 Å². The molecule has 1 saturated heterocycles. The van der Waals surface area contributed by atoms with Gasteiger partial charge in [0.25, 0.3) is 0 Å². The second-order valence-corrected chi connectivity index (χ2v) is 6.98. The van der Waals surface area contributed by atoms with Crippen LogP contribution >= 0.6 is 11.3 Å². The predicted octanol–water partition coefficient (Wildman–Crippen LogP) is 4.36. The molecule has 1 aliphatic heterocycles. The van der Waals surface area contributed by atoms with Crippen LogP contribution in [0.3, 0.4) is 0 Å². The second kappa shape index (κ2) is 7.11. The molecule has 1 N–H and O–H groups in total. The van der Waals surface area contributed by atoms with Crippen LogP contribution in [0.15, 0.2) is 59.6 Å². The lowest BCUT2D eigenvalue weighted by Crippen LogP contribution is -2.34. The molecule has 1 fully saturated rings. The summed E-state index contributed by atoms with van der Waals surface area (Å²) in [5.74, 6) is 0. The van der Waals surface area contributed by atoms with Gasteiger partial charge in [0.15, 0.2) is 0 Å². The van der Waals surface area contributed by atoms with Crippen LogP contribution in [0, 0.1) is 0 Å². The summed E-state index contributed by atoms with van der Waals surface area (Å²) in [7, 11) is 0. The number of nitrogens with one attached hydrogen (secondary N) is 1. The van der Waals surface area contributed by atoms with Crippen molar-refractivity contribution in [1.82, 2.24) is 14.7 Å². The SMILES string of the molecule is O=C(Nc1ccccc1Cn1cccn1)N1CCCC1c1ccsc1. The fourth-order valence-electron chi connectivity index (χ4n) is 3.36. The maximum absolute atomic E-state index is 12.9. The van der Waals surface area contributed by atoms with Gasteiger partial charge in [0.1, 0.15) is 0 Å². The average molecular weight is 352 g/mol. The quantitative estimate of drug-likeness (QED) is 0.758. The fourth-order valence-corrected chi connectivity index (χ4v) is 4.06. The number of likely N-dealkylation sites (tertiary alicyclic amines) is 1. The molecule has 3 aromatic rings. The van der Waals surface area contributed by atoms with E-state index < -0.39 is 0 Å². The number of rotatable bonds is 4. The number of anilines is 1. The van der Waals surface area contributed by atoms with Crippen LogP contribution in [-0.2, 0) is 6.54 Å². The first-order chi connectivity index (χ1) is 12.3. The summed E-state index contributed by atoms with van der Waals surface area (Å²) in [6.45, 7) is 1.44. The van der Waals surface area contributed by atoms with Crippen molar-refractivity contribution in [2.45, 2.75) is 25.4 Å².